The highest BCUT2D eigenvalue weighted by Gasteiger charge is 2.21. The molecule has 1 aliphatic rings. The van der Waals surface area contributed by atoms with E-state index in [1.54, 1.807) is 0 Å². The van der Waals surface area contributed by atoms with Crippen LogP contribution in [-0.2, 0) is 11.3 Å². The van der Waals surface area contributed by atoms with Crippen LogP contribution in [0.4, 0.5) is 0 Å². The van der Waals surface area contributed by atoms with E-state index in [2.05, 4.69) is 10.6 Å². The van der Waals surface area contributed by atoms with E-state index in [4.69, 9.17) is 0 Å². The van der Waals surface area contributed by atoms with Crippen LogP contribution in [0.15, 0.2) is 24.3 Å². The average molecular weight is 303 g/mol. The van der Waals surface area contributed by atoms with Gasteiger partial charge in [0.2, 0.25) is 5.91 Å². The minimum absolute atomic E-state index is 0.00587. The first kappa shape index (κ1) is 16.5. The van der Waals surface area contributed by atoms with Gasteiger partial charge in [0.15, 0.2) is 0 Å². The van der Waals surface area contributed by atoms with E-state index in [0.717, 1.165) is 31.7 Å². The highest BCUT2D eigenvalue weighted by atomic mass is 16.2. The standard InChI is InChI=1S/C17H25N3O2/c1-17(2,3)16(22)19-12-13-5-4-6-14(11-13)15(21)20-9-7-18-8-10-20/h4-6,11,18H,7-10,12H2,1-3H3,(H,19,22). The molecule has 0 radical (unpaired) electrons. The fraction of sp³-hybridized carbons (Fsp3) is 0.529. The third-order valence-corrected chi connectivity index (χ3v) is 3.71. The fourth-order valence-electron chi connectivity index (χ4n) is 2.31. The van der Waals surface area contributed by atoms with Gasteiger partial charge in [-0.1, -0.05) is 32.9 Å². The van der Waals surface area contributed by atoms with E-state index in [1.807, 2.05) is 49.9 Å². The molecule has 2 amide bonds. The summed E-state index contributed by atoms with van der Waals surface area (Å²) in [6.45, 7) is 9.25. The second-order valence-corrected chi connectivity index (χ2v) is 6.68. The highest BCUT2D eigenvalue weighted by Crippen LogP contribution is 2.14. The van der Waals surface area contributed by atoms with Crippen LogP contribution in [0, 0.1) is 5.41 Å². The van der Waals surface area contributed by atoms with E-state index in [1.165, 1.54) is 0 Å². The molecule has 2 N–H and O–H groups in total. The van der Waals surface area contributed by atoms with Crippen molar-refractivity contribution >= 4 is 11.8 Å². The summed E-state index contributed by atoms with van der Waals surface area (Å²) in [6.07, 6.45) is 0. The summed E-state index contributed by atoms with van der Waals surface area (Å²) in [4.78, 5) is 26.2. The summed E-state index contributed by atoms with van der Waals surface area (Å²) in [6, 6.07) is 7.50. The van der Waals surface area contributed by atoms with Gasteiger partial charge in [0.25, 0.3) is 5.91 Å². The zero-order valence-corrected chi connectivity index (χ0v) is 13.6. The molecule has 120 valence electrons. The van der Waals surface area contributed by atoms with Gasteiger partial charge in [-0.15, -0.1) is 0 Å². The predicted molar refractivity (Wildman–Crippen MR) is 86.5 cm³/mol. The van der Waals surface area contributed by atoms with Crippen molar-refractivity contribution in [3.8, 4) is 0 Å². The third-order valence-electron chi connectivity index (χ3n) is 3.71. The first-order valence-corrected chi connectivity index (χ1v) is 7.75. The Morgan fingerprint density at radius 3 is 2.55 bits per heavy atom. The van der Waals surface area contributed by atoms with Gasteiger partial charge in [-0.2, -0.15) is 0 Å². The van der Waals surface area contributed by atoms with Crippen LogP contribution in [0.2, 0.25) is 0 Å². The maximum atomic E-state index is 12.5. The quantitative estimate of drug-likeness (QED) is 0.887. The molecule has 1 aliphatic heterocycles. The van der Waals surface area contributed by atoms with Crippen LogP contribution in [0.1, 0.15) is 36.7 Å². The molecule has 0 spiro atoms. The van der Waals surface area contributed by atoms with Gasteiger partial charge in [-0.3, -0.25) is 9.59 Å². The first-order valence-electron chi connectivity index (χ1n) is 7.75. The van der Waals surface area contributed by atoms with E-state index < -0.39 is 5.41 Å². The van der Waals surface area contributed by atoms with Crippen LogP contribution < -0.4 is 10.6 Å². The molecule has 0 aromatic heterocycles. The Hall–Kier alpha value is -1.88. The fourth-order valence-corrected chi connectivity index (χ4v) is 2.31. The molecule has 5 nitrogen and oxygen atoms in total. The third kappa shape index (κ3) is 4.31. The number of nitrogens with zero attached hydrogens (tertiary/aromatic N) is 1. The molecule has 1 fully saturated rings. The Morgan fingerprint density at radius 2 is 1.91 bits per heavy atom. The van der Waals surface area contributed by atoms with E-state index in [0.29, 0.717) is 12.1 Å². The van der Waals surface area contributed by atoms with Crippen molar-refractivity contribution in [1.82, 2.24) is 15.5 Å². The zero-order chi connectivity index (χ0) is 16.2. The molecule has 1 heterocycles. The molecule has 2 rings (SSSR count). The smallest absolute Gasteiger partial charge is 0.253 e. The lowest BCUT2D eigenvalue weighted by Crippen LogP contribution is -2.46. The molecular weight excluding hydrogens is 278 g/mol. The maximum absolute atomic E-state index is 12.5. The predicted octanol–water partition coefficient (Wildman–Crippen LogP) is 1.39. The van der Waals surface area contributed by atoms with Gasteiger partial charge in [-0.25, -0.2) is 0 Å². The number of hydrogen-bond acceptors (Lipinski definition) is 3. The molecule has 0 unspecified atom stereocenters. The van der Waals surface area contributed by atoms with E-state index in [9.17, 15) is 9.59 Å². The first-order chi connectivity index (χ1) is 10.4. The summed E-state index contributed by atoms with van der Waals surface area (Å²) < 4.78 is 0. The largest absolute Gasteiger partial charge is 0.352 e. The number of nitrogens with one attached hydrogen (secondary N) is 2. The summed E-state index contributed by atoms with van der Waals surface area (Å²) >= 11 is 0. The minimum atomic E-state index is -0.409. The summed E-state index contributed by atoms with van der Waals surface area (Å²) in [5, 5.41) is 6.15. The molecule has 0 atom stereocenters. The van der Waals surface area contributed by atoms with Crippen LogP contribution in [0.3, 0.4) is 0 Å². The number of carbonyl (C=O) groups excluding carboxylic acids is 2. The summed E-state index contributed by atoms with van der Waals surface area (Å²) in [5.74, 6) is 0.0665. The molecule has 1 aromatic carbocycles. The van der Waals surface area contributed by atoms with Gasteiger partial charge in [0, 0.05) is 43.7 Å². The van der Waals surface area contributed by atoms with E-state index in [-0.39, 0.29) is 11.8 Å². The SMILES string of the molecule is CC(C)(C)C(=O)NCc1cccc(C(=O)N2CCNCC2)c1. The highest BCUT2D eigenvalue weighted by molar-refractivity contribution is 5.94. The van der Waals surface area contributed by atoms with Crippen molar-refractivity contribution < 1.29 is 9.59 Å². The van der Waals surface area contributed by atoms with E-state index >= 15 is 0 Å². The summed E-state index contributed by atoms with van der Waals surface area (Å²) in [5.41, 5.74) is 1.22. The lowest BCUT2D eigenvalue weighted by molar-refractivity contribution is -0.128. The minimum Gasteiger partial charge on any atom is -0.352 e. The topological polar surface area (TPSA) is 61.4 Å². The molecule has 0 bridgehead atoms. The van der Waals surface area contributed by atoms with Gasteiger partial charge < -0.3 is 15.5 Å². The van der Waals surface area contributed by atoms with Gasteiger partial charge >= 0.3 is 0 Å². The second-order valence-electron chi connectivity index (χ2n) is 6.68. The zero-order valence-electron chi connectivity index (χ0n) is 13.6. The number of hydrogen-bond donors (Lipinski definition) is 2. The van der Waals surface area contributed by atoms with Crippen LogP contribution in [0.25, 0.3) is 0 Å². The van der Waals surface area contributed by atoms with Crippen LogP contribution in [-0.4, -0.2) is 42.9 Å². The number of benzene rings is 1. The Bertz CT molecular complexity index is 543. The van der Waals surface area contributed by atoms with Crippen LogP contribution in [0.5, 0.6) is 0 Å². The van der Waals surface area contributed by atoms with Crippen LogP contribution >= 0.6 is 0 Å². The molecule has 0 aliphatic carbocycles. The average Bonchev–Trinajstić information content (AvgIpc) is 2.52. The van der Waals surface area contributed by atoms with Gasteiger partial charge in [0.05, 0.1) is 0 Å². The molecular formula is C17H25N3O2. The van der Waals surface area contributed by atoms with Gasteiger partial charge in [0.1, 0.15) is 0 Å². The Kier molecular flexibility index (Phi) is 5.19. The Balaban J connectivity index is 2.00. The molecule has 5 heteroatoms. The second kappa shape index (κ2) is 6.92. The maximum Gasteiger partial charge on any atom is 0.253 e. The molecule has 1 aromatic rings. The van der Waals surface area contributed by atoms with Crippen molar-refractivity contribution in [3.63, 3.8) is 0 Å². The lowest BCUT2D eigenvalue weighted by atomic mass is 9.95. The van der Waals surface area contributed by atoms with Gasteiger partial charge in [-0.05, 0) is 17.7 Å². The number of rotatable bonds is 3. The van der Waals surface area contributed by atoms with Crippen molar-refractivity contribution in [2.75, 3.05) is 26.2 Å². The van der Waals surface area contributed by atoms with Crippen molar-refractivity contribution in [2.24, 2.45) is 5.41 Å². The van der Waals surface area contributed by atoms with Crippen molar-refractivity contribution in [1.29, 1.82) is 0 Å². The molecule has 22 heavy (non-hydrogen) atoms. The molecule has 0 saturated carbocycles. The Labute approximate surface area is 132 Å². The monoisotopic (exact) mass is 303 g/mol. The normalized spacial score (nSPS) is 15.5. The van der Waals surface area contributed by atoms with Crippen molar-refractivity contribution in [2.45, 2.75) is 27.3 Å². The molecule has 1 saturated heterocycles. The lowest BCUT2D eigenvalue weighted by Gasteiger charge is -2.27. The summed E-state index contributed by atoms with van der Waals surface area (Å²) in [7, 11) is 0. The Morgan fingerprint density at radius 1 is 1.23 bits per heavy atom. The number of amides is 2. The number of carbonyl (C=O) groups is 2. The van der Waals surface area contributed by atoms with Crippen molar-refractivity contribution in [3.05, 3.63) is 35.4 Å². The number of piperazine rings is 1.